The van der Waals surface area contributed by atoms with Gasteiger partial charge in [0.25, 0.3) is 0 Å². The van der Waals surface area contributed by atoms with Crippen molar-refractivity contribution in [3.8, 4) is 11.5 Å². The SMILES string of the molecule is CCCCCOc1ccc2cc(OCc3ccc(C(=O)OC[C@H](C)CC)cc3)ccc2c1. The lowest BCUT2D eigenvalue weighted by molar-refractivity contribution is 0.0447. The van der Waals surface area contributed by atoms with Gasteiger partial charge in [-0.1, -0.05) is 64.3 Å². The maximum atomic E-state index is 12.1. The van der Waals surface area contributed by atoms with Gasteiger partial charge in [0, 0.05) is 0 Å². The van der Waals surface area contributed by atoms with E-state index in [2.05, 4.69) is 39.0 Å². The molecular weight excluding hydrogens is 400 g/mol. The topological polar surface area (TPSA) is 44.8 Å². The van der Waals surface area contributed by atoms with Gasteiger partial charge in [0.05, 0.1) is 18.8 Å². The van der Waals surface area contributed by atoms with Gasteiger partial charge in [-0.05, 0) is 65.1 Å². The summed E-state index contributed by atoms with van der Waals surface area (Å²) < 4.78 is 17.2. The van der Waals surface area contributed by atoms with Crippen molar-refractivity contribution in [1.82, 2.24) is 0 Å². The Bertz CT molecular complexity index is 994. The molecule has 0 aromatic heterocycles. The summed E-state index contributed by atoms with van der Waals surface area (Å²) in [6.07, 6.45) is 4.46. The molecule has 3 aromatic rings. The Morgan fingerprint density at radius 1 is 0.844 bits per heavy atom. The molecule has 1 atom stereocenters. The minimum absolute atomic E-state index is 0.277. The summed E-state index contributed by atoms with van der Waals surface area (Å²) in [6.45, 7) is 8.00. The lowest BCUT2D eigenvalue weighted by atomic mass is 10.1. The van der Waals surface area contributed by atoms with E-state index in [0.29, 0.717) is 24.7 Å². The Labute approximate surface area is 191 Å². The van der Waals surface area contributed by atoms with Gasteiger partial charge >= 0.3 is 5.97 Å². The van der Waals surface area contributed by atoms with Crippen LogP contribution in [0.3, 0.4) is 0 Å². The van der Waals surface area contributed by atoms with Gasteiger partial charge < -0.3 is 14.2 Å². The van der Waals surface area contributed by atoms with Gasteiger partial charge in [-0.25, -0.2) is 4.79 Å². The standard InChI is InChI=1S/C28H34O4/c1-4-6-7-16-30-26-14-12-25-18-27(15-13-24(25)17-26)31-20-22-8-10-23(11-9-22)28(29)32-19-21(3)5-2/h8-15,17-18,21H,4-7,16,19-20H2,1-3H3/t21-/m1/s1. The van der Waals surface area contributed by atoms with Gasteiger partial charge in [0.1, 0.15) is 18.1 Å². The largest absolute Gasteiger partial charge is 0.494 e. The zero-order valence-electron chi connectivity index (χ0n) is 19.4. The first-order valence-corrected chi connectivity index (χ1v) is 11.6. The molecule has 0 spiro atoms. The summed E-state index contributed by atoms with van der Waals surface area (Å²) in [5, 5.41) is 2.24. The van der Waals surface area contributed by atoms with Crippen LogP contribution in [-0.4, -0.2) is 19.2 Å². The first kappa shape index (κ1) is 23.6. The van der Waals surface area contributed by atoms with Crippen LogP contribution in [0.2, 0.25) is 0 Å². The molecule has 170 valence electrons. The summed E-state index contributed by atoms with van der Waals surface area (Å²) in [4.78, 5) is 12.1. The molecule has 0 fully saturated rings. The number of hydrogen-bond donors (Lipinski definition) is 0. The highest BCUT2D eigenvalue weighted by Gasteiger charge is 2.09. The van der Waals surface area contributed by atoms with Crippen LogP contribution in [0.5, 0.6) is 11.5 Å². The molecule has 0 radical (unpaired) electrons. The van der Waals surface area contributed by atoms with Crippen LogP contribution in [0.4, 0.5) is 0 Å². The van der Waals surface area contributed by atoms with E-state index in [0.717, 1.165) is 47.3 Å². The van der Waals surface area contributed by atoms with Crippen LogP contribution < -0.4 is 9.47 Å². The summed E-state index contributed by atoms with van der Waals surface area (Å²) in [5.41, 5.74) is 1.56. The number of carbonyl (C=O) groups excluding carboxylic acids is 1. The fourth-order valence-electron chi connectivity index (χ4n) is 3.25. The molecule has 0 saturated heterocycles. The normalized spacial score (nSPS) is 11.8. The third kappa shape index (κ3) is 7.01. The average molecular weight is 435 g/mol. The molecule has 0 bridgehead atoms. The fraction of sp³-hybridized carbons (Fsp3) is 0.393. The molecule has 0 heterocycles. The molecule has 0 aliphatic carbocycles. The van der Waals surface area contributed by atoms with E-state index in [9.17, 15) is 4.79 Å². The van der Waals surface area contributed by atoms with Gasteiger partial charge in [0.2, 0.25) is 0 Å². The monoisotopic (exact) mass is 434 g/mol. The minimum atomic E-state index is -0.277. The molecule has 0 aliphatic rings. The van der Waals surface area contributed by atoms with E-state index in [1.165, 1.54) is 12.8 Å². The lowest BCUT2D eigenvalue weighted by Crippen LogP contribution is -2.11. The maximum absolute atomic E-state index is 12.1. The van der Waals surface area contributed by atoms with Crippen LogP contribution in [0.15, 0.2) is 60.7 Å². The second-order valence-electron chi connectivity index (χ2n) is 8.32. The highest BCUT2D eigenvalue weighted by Crippen LogP contribution is 2.26. The first-order valence-electron chi connectivity index (χ1n) is 11.6. The summed E-state index contributed by atoms with van der Waals surface area (Å²) in [6, 6.07) is 19.6. The summed E-state index contributed by atoms with van der Waals surface area (Å²) in [7, 11) is 0. The Morgan fingerprint density at radius 2 is 1.50 bits per heavy atom. The highest BCUT2D eigenvalue weighted by molar-refractivity contribution is 5.89. The molecular formula is C28H34O4. The summed E-state index contributed by atoms with van der Waals surface area (Å²) in [5.74, 6) is 1.82. The first-order chi connectivity index (χ1) is 15.6. The van der Waals surface area contributed by atoms with Crippen LogP contribution in [-0.2, 0) is 11.3 Å². The van der Waals surface area contributed by atoms with Gasteiger partial charge in [-0.3, -0.25) is 0 Å². The third-order valence-corrected chi connectivity index (χ3v) is 5.59. The molecule has 32 heavy (non-hydrogen) atoms. The predicted molar refractivity (Wildman–Crippen MR) is 129 cm³/mol. The number of rotatable bonds is 12. The van der Waals surface area contributed by atoms with Crippen molar-refractivity contribution in [2.75, 3.05) is 13.2 Å². The molecule has 0 aliphatic heterocycles. The number of hydrogen-bond acceptors (Lipinski definition) is 4. The van der Waals surface area contributed by atoms with Crippen molar-refractivity contribution in [2.45, 2.75) is 53.1 Å². The van der Waals surface area contributed by atoms with E-state index < -0.39 is 0 Å². The molecule has 4 heteroatoms. The van der Waals surface area contributed by atoms with Crippen LogP contribution in [0, 0.1) is 5.92 Å². The Kier molecular flexibility index (Phi) is 8.97. The number of esters is 1. The molecule has 0 amide bonds. The van der Waals surface area contributed by atoms with Gasteiger partial charge in [-0.15, -0.1) is 0 Å². The van der Waals surface area contributed by atoms with Crippen molar-refractivity contribution < 1.29 is 19.0 Å². The van der Waals surface area contributed by atoms with Crippen molar-refractivity contribution in [3.63, 3.8) is 0 Å². The molecule has 3 rings (SSSR count). The third-order valence-electron chi connectivity index (χ3n) is 5.59. The van der Waals surface area contributed by atoms with E-state index in [-0.39, 0.29) is 5.97 Å². The maximum Gasteiger partial charge on any atom is 0.338 e. The van der Waals surface area contributed by atoms with E-state index in [1.54, 1.807) is 12.1 Å². The lowest BCUT2D eigenvalue weighted by Gasteiger charge is -2.11. The predicted octanol–water partition coefficient (Wildman–Crippen LogP) is 7.19. The van der Waals surface area contributed by atoms with Crippen molar-refractivity contribution in [1.29, 1.82) is 0 Å². The van der Waals surface area contributed by atoms with E-state index in [1.807, 2.05) is 30.3 Å². The second-order valence-corrected chi connectivity index (χ2v) is 8.32. The van der Waals surface area contributed by atoms with Crippen molar-refractivity contribution in [2.24, 2.45) is 5.92 Å². The van der Waals surface area contributed by atoms with Gasteiger partial charge in [-0.2, -0.15) is 0 Å². The quantitative estimate of drug-likeness (QED) is 0.223. The molecule has 0 saturated carbocycles. The molecule has 4 nitrogen and oxygen atoms in total. The zero-order valence-corrected chi connectivity index (χ0v) is 19.4. The number of benzene rings is 3. The number of carbonyl (C=O) groups is 1. The number of unbranched alkanes of at least 4 members (excludes halogenated alkanes) is 2. The average Bonchev–Trinajstić information content (AvgIpc) is 2.83. The molecule has 0 N–H and O–H groups in total. The van der Waals surface area contributed by atoms with Crippen LogP contribution >= 0.6 is 0 Å². The molecule has 0 unspecified atom stereocenters. The van der Waals surface area contributed by atoms with Crippen LogP contribution in [0.1, 0.15) is 62.4 Å². The van der Waals surface area contributed by atoms with Gasteiger partial charge in [0.15, 0.2) is 0 Å². The number of ether oxygens (including phenoxy) is 3. The Morgan fingerprint density at radius 3 is 2.12 bits per heavy atom. The van der Waals surface area contributed by atoms with Crippen molar-refractivity contribution >= 4 is 16.7 Å². The van der Waals surface area contributed by atoms with Crippen LogP contribution in [0.25, 0.3) is 10.8 Å². The van der Waals surface area contributed by atoms with E-state index in [4.69, 9.17) is 14.2 Å². The highest BCUT2D eigenvalue weighted by atomic mass is 16.5. The van der Waals surface area contributed by atoms with Crippen molar-refractivity contribution in [3.05, 3.63) is 71.8 Å². The van der Waals surface area contributed by atoms with E-state index >= 15 is 0 Å². The second kappa shape index (κ2) is 12.1. The summed E-state index contributed by atoms with van der Waals surface area (Å²) >= 11 is 0. The Balaban J connectivity index is 1.53. The zero-order chi connectivity index (χ0) is 22.8. The number of fused-ring (bicyclic) bond motifs is 1. The molecule has 3 aromatic carbocycles. The smallest absolute Gasteiger partial charge is 0.338 e. The minimum Gasteiger partial charge on any atom is -0.494 e. The fourth-order valence-corrected chi connectivity index (χ4v) is 3.25. The Hall–Kier alpha value is -3.01.